The topological polar surface area (TPSA) is 90.9 Å². The van der Waals surface area contributed by atoms with Crippen LogP contribution in [0.15, 0.2) is 17.3 Å². The average Bonchev–Trinajstić information content (AvgIpc) is 2.53. The van der Waals surface area contributed by atoms with Crippen LogP contribution in [0.2, 0.25) is 0 Å². The van der Waals surface area contributed by atoms with Gasteiger partial charge < -0.3 is 15.8 Å². The Morgan fingerprint density at radius 3 is 2.57 bits per heavy atom. The number of aromatic nitrogens is 2. The van der Waals surface area contributed by atoms with Gasteiger partial charge in [-0.05, 0) is 25.5 Å². The van der Waals surface area contributed by atoms with Gasteiger partial charge in [-0.25, -0.2) is 0 Å². The molecule has 2 rings (SSSR count). The summed E-state index contributed by atoms with van der Waals surface area (Å²) in [6, 6.07) is 4.00. The van der Waals surface area contributed by atoms with Crippen LogP contribution in [0.4, 0.5) is 5.82 Å². The minimum absolute atomic E-state index is 0.0197. The molecule has 2 heterocycles. The van der Waals surface area contributed by atoms with Gasteiger partial charge in [0.05, 0.1) is 11.7 Å². The minimum atomic E-state index is 0.0197. The van der Waals surface area contributed by atoms with Crippen LogP contribution in [0, 0.1) is 6.92 Å². The van der Waals surface area contributed by atoms with Crippen molar-refractivity contribution in [2.45, 2.75) is 32.7 Å². The molecule has 0 spiro atoms. The third kappa shape index (κ3) is 3.81. The third-order valence-electron chi connectivity index (χ3n) is 3.88. The molecule has 3 N–H and O–H groups in total. The first-order valence-electron chi connectivity index (χ1n) is 7.42. The van der Waals surface area contributed by atoms with E-state index in [1.54, 1.807) is 0 Å². The van der Waals surface area contributed by atoms with Gasteiger partial charge in [0.25, 0.3) is 0 Å². The van der Waals surface area contributed by atoms with Crippen LogP contribution in [0.25, 0.3) is 0 Å². The number of nitrogens with two attached hydrogens (primary N) is 1. The number of rotatable bonds is 5. The fourth-order valence-corrected chi connectivity index (χ4v) is 2.68. The molecular weight excluding hydrogens is 268 g/mol. The molecule has 0 aromatic carbocycles. The van der Waals surface area contributed by atoms with E-state index in [2.05, 4.69) is 32.1 Å². The van der Waals surface area contributed by atoms with Gasteiger partial charge >= 0.3 is 0 Å². The average molecular weight is 292 g/mol. The monoisotopic (exact) mass is 292 g/mol. The number of piperazine rings is 1. The molecule has 1 unspecified atom stereocenters. The van der Waals surface area contributed by atoms with E-state index in [0.29, 0.717) is 5.84 Å². The van der Waals surface area contributed by atoms with Gasteiger partial charge in [-0.2, -0.15) is 5.10 Å². The number of amidine groups is 1. The summed E-state index contributed by atoms with van der Waals surface area (Å²) < 4.78 is 0. The van der Waals surface area contributed by atoms with E-state index in [1.165, 1.54) is 0 Å². The second-order valence-corrected chi connectivity index (χ2v) is 5.39. The predicted molar refractivity (Wildman–Crippen MR) is 82.7 cm³/mol. The van der Waals surface area contributed by atoms with Crippen LogP contribution < -0.4 is 10.6 Å². The molecule has 7 heteroatoms. The summed E-state index contributed by atoms with van der Waals surface area (Å²) in [5, 5.41) is 20.4. The van der Waals surface area contributed by atoms with Crippen molar-refractivity contribution in [2.24, 2.45) is 10.9 Å². The lowest BCUT2D eigenvalue weighted by Crippen LogP contribution is -2.54. The number of aryl methyl sites for hydroxylation is 1. The Morgan fingerprint density at radius 1 is 1.33 bits per heavy atom. The molecule has 116 valence electrons. The van der Waals surface area contributed by atoms with Crippen molar-refractivity contribution in [3.05, 3.63) is 17.8 Å². The molecule has 0 bridgehead atoms. The number of anilines is 1. The van der Waals surface area contributed by atoms with Crippen molar-refractivity contribution in [3.63, 3.8) is 0 Å². The number of hydrogen-bond donors (Lipinski definition) is 2. The predicted octanol–water partition coefficient (Wildman–Crippen LogP) is 0.822. The number of nitrogens with zero attached hydrogens (tertiary/aromatic N) is 5. The molecule has 1 fully saturated rings. The standard InChI is InChI=1S/C14H24N6O/c1-3-4-12(14(15)18-21)19-7-9-20(10-8-19)13-6-5-11(2)16-17-13/h5-6,12,21H,3-4,7-10H2,1-2H3,(H2,15,18). The fourth-order valence-electron chi connectivity index (χ4n) is 2.68. The molecule has 1 aromatic rings. The molecule has 1 aliphatic heterocycles. The van der Waals surface area contributed by atoms with Crippen molar-refractivity contribution in [2.75, 3.05) is 31.1 Å². The highest BCUT2D eigenvalue weighted by Gasteiger charge is 2.26. The van der Waals surface area contributed by atoms with Gasteiger partial charge in [-0.1, -0.05) is 18.5 Å². The van der Waals surface area contributed by atoms with E-state index < -0.39 is 0 Å². The van der Waals surface area contributed by atoms with Crippen LogP contribution in [0.5, 0.6) is 0 Å². The molecule has 0 amide bonds. The zero-order valence-electron chi connectivity index (χ0n) is 12.7. The van der Waals surface area contributed by atoms with Gasteiger partial charge in [-0.3, -0.25) is 4.90 Å². The first-order valence-corrected chi connectivity index (χ1v) is 7.42. The normalized spacial score (nSPS) is 18.8. The van der Waals surface area contributed by atoms with Crippen LogP contribution >= 0.6 is 0 Å². The van der Waals surface area contributed by atoms with Crippen molar-refractivity contribution < 1.29 is 5.21 Å². The van der Waals surface area contributed by atoms with Crippen molar-refractivity contribution in [1.29, 1.82) is 0 Å². The summed E-state index contributed by atoms with van der Waals surface area (Å²) >= 11 is 0. The first kappa shape index (κ1) is 15.5. The lowest BCUT2D eigenvalue weighted by Gasteiger charge is -2.39. The highest BCUT2D eigenvalue weighted by Crippen LogP contribution is 2.16. The molecular formula is C14H24N6O. The second-order valence-electron chi connectivity index (χ2n) is 5.39. The molecule has 0 saturated carbocycles. The molecule has 1 aromatic heterocycles. The summed E-state index contributed by atoms with van der Waals surface area (Å²) in [4.78, 5) is 4.49. The van der Waals surface area contributed by atoms with Crippen molar-refractivity contribution in [1.82, 2.24) is 15.1 Å². The van der Waals surface area contributed by atoms with E-state index in [4.69, 9.17) is 10.9 Å². The first-order chi connectivity index (χ1) is 10.2. The highest BCUT2D eigenvalue weighted by atomic mass is 16.4. The minimum Gasteiger partial charge on any atom is -0.409 e. The Labute approximate surface area is 125 Å². The molecule has 0 aliphatic carbocycles. The van der Waals surface area contributed by atoms with Crippen molar-refractivity contribution >= 4 is 11.7 Å². The van der Waals surface area contributed by atoms with Gasteiger partial charge in [0, 0.05) is 26.2 Å². The molecule has 1 saturated heterocycles. The Bertz CT molecular complexity index is 467. The third-order valence-corrected chi connectivity index (χ3v) is 3.88. The molecule has 21 heavy (non-hydrogen) atoms. The molecule has 1 atom stereocenters. The summed E-state index contributed by atoms with van der Waals surface area (Å²) in [6.07, 6.45) is 1.91. The Hall–Kier alpha value is -1.89. The SMILES string of the molecule is CCCC(C(N)=NO)N1CCN(c2ccc(C)nn2)CC1. The maximum absolute atomic E-state index is 8.93. The summed E-state index contributed by atoms with van der Waals surface area (Å²) in [5.41, 5.74) is 6.74. The van der Waals surface area contributed by atoms with E-state index >= 15 is 0 Å². The number of oxime groups is 1. The van der Waals surface area contributed by atoms with E-state index in [9.17, 15) is 0 Å². The molecule has 1 aliphatic rings. The van der Waals surface area contributed by atoms with E-state index in [1.807, 2.05) is 19.1 Å². The second kappa shape index (κ2) is 7.21. The largest absolute Gasteiger partial charge is 0.409 e. The zero-order chi connectivity index (χ0) is 15.2. The van der Waals surface area contributed by atoms with E-state index in [-0.39, 0.29) is 6.04 Å². The van der Waals surface area contributed by atoms with Crippen molar-refractivity contribution in [3.8, 4) is 0 Å². The maximum Gasteiger partial charge on any atom is 0.156 e. The van der Waals surface area contributed by atoms with E-state index in [0.717, 1.165) is 50.5 Å². The maximum atomic E-state index is 8.93. The van der Waals surface area contributed by atoms with Crippen LogP contribution in [-0.2, 0) is 0 Å². The quantitative estimate of drug-likeness (QED) is 0.361. The van der Waals surface area contributed by atoms with Gasteiger partial charge in [0.15, 0.2) is 11.7 Å². The Kier molecular flexibility index (Phi) is 5.32. The van der Waals surface area contributed by atoms with Crippen LogP contribution in [-0.4, -0.2) is 58.4 Å². The Balaban J connectivity index is 1.97. The number of hydrogen-bond acceptors (Lipinski definition) is 6. The smallest absolute Gasteiger partial charge is 0.156 e. The lowest BCUT2D eigenvalue weighted by molar-refractivity contribution is 0.211. The Morgan fingerprint density at radius 2 is 2.05 bits per heavy atom. The molecule has 7 nitrogen and oxygen atoms in total. The summed E-state index contributed by atoms with van der Waals surface area (Å²) in [7, 11) is 0. The molecule has 0 radical (unpaired) electrons. The fraction of sp³-hybridized carbons (Fsp3) is 0.643. The lowest BCUT2D eigenvalue weighted by atomic mass is 10.1. The zero-order valence-corrected chi connectivity index (χ0v) is 12.7. The van der Waals surface area contributed by atoms with Gasteiger partial charge in [0.2, 0.25) is 0 Å². The highest BCUT2D eigenvalue weighted by molar-refractivity contribution is 5.85. The van der Waals surface area contributed by atoms with Gasteiger partial charge in [-0.15, -0.1) is 5.10 Å². The van der Waals surface area contributed by atoms with Crippen LogP contribution in [0.3, 0.4) is 0 Å². The summed E-state index contributed by atoms with van der Waals surface area (Å²) in [6.45, 7) is 7.52. The van der Waals surface area contributed by atoms with Gasteiger partial charge in [0.1, 0.15) is 0 Å². The summed E-state index contributed by atoms with van der Waals surface area (Å²) in [5.74, 6) is 1.22. The van der Waals surface area contributed by atoms with Crippen LogP contribution in [0.1, 0.15) is 25.5 Å².